The van der Waals surface area contributed by atoms with Gasteiger partial charge < -0.3 is 14.5 Å². The maximum absolute atomic E-state index is 12.0. The number of hydrogen-bond donors (Lipinski definition) is 0. The second kappa shape index (κ2) is 5.80. The van der Waals surface area contributed by atoms with E-state index in [0.29, 0.717) is 6.54 Å². The van der Waals surface area contributed by atoms with E-state index in [4.69, 9.17) is 4.74 Å². The number of likely N-dealkylation sites (tertiary alicyclic amines) is 1. The van der Waals surface area contributed by atoms with Crippen LogP contribution in [0.1, 0.15) is 41.0 Å². The lowest BCUT2D eigenvalue weighted by atomic mass is 10.2. The number of likely N-dealkylation sites (N-methyl/N-ethyl adjacent to an activating group) is 1. The first-order chi connectivity index (χ1) is 8.61. The van der Waals surface area contributed by atoms with Gasteiger partial charge in [0.15, 0.2) is 0 Å². The zero-order valence-corrected chi connectivity index (χ0v) is 12.9. The summed E-state index contributed by atoms with van der Waals surface area (Å²) in [6.45, 7) is 10.7. The van der Waals surface area contributed by atoms with E-state index in [0.717, 1.165) is 13.0 Å². The Balaban J connectivity index is 2.55. The van der Waals surface area contributed by atoms with Crippen LogP contribution in [0.25, 0.3) is 0 Å². The van der Waals surface area contributed by atoms with Crippen molar-refractivity contribution in [1.82, 2.24) is 9.80 Å². The fraction of sp³-hybridized carbons (Fsp3) is 0.857. The first kappa shape index (κ1) is 15.8. The largest absolute Gasteiger partial charge is 0.444 e. The number of carbonyl (C=O) groups is 2. The van der Waals surface area contributed by atoms with Gasteiger partial charge in [0, 0.05) is 26.1 Å². The summed E-state index contributed by atoms with van der Waals surface area (Å²) >= 11 is 0. The number of hydrogen-bond acceptors (Lipinski definition) is 3. The highest BCUT2D eigenvalue weighted by Gasteiger charge is 2.33. The molecule has 0 spiro atoms. The molecule has 0 aromatic carbocycles. The molecule has 0 aromatic heterocycles. The Morgan fingerprint density at radius 1 is 1.32 bits per heavy atom. The van der Waals surface area contributed by atoms with Crippen LogP contribution in [0.4, 0.5) is 4.79 Å². The fourth-order valence-electron chi connectivity index (χ4n) is 2.11. The SMILES string of the molecule is CC(C)C(=O)N1CCC(N(C)C(=O)OC(C)(C)C)C1. The Bertz CT molecular complexity index is 347. The summed E-state index contributed by atoms with van der Waals surface area (Å²) in [4.78, 5) is 27.3. The monoisotopic (exact) mass is 270 g/mol. The lowest BCUT2D eigenvalue weighted by molar-refractivity contribution is -0.133. The van der Waals surface area contributed by atoms with E-state index in [9.17, 15) is 9.59 Å². The molecule has 0 bridgehead atoms. The highest BCUT2D eigenvalue weighted by Crippen LogP contribution is 2.19. The quantitative estimate of drug-likeness (QED) is 0.772. The van der Waals surface area contributed by atoms with E-state index in [1.807, 2.05) is 39.5 Å². The molecule has 19 heavy (non-hydrogen) atoms. The smallest absolute Gasteiger partial charge is 0.410 e. The van der Waals surface area contributed by atoms with Gasteiger partial charge in [-0.3, -0.25) is 4.79 Å². The lowest BCUT2D eigenvalue weighted by Crippen LogP contribution is -2.43. The molecule has 1 atom stereocenters. The predicted molar refractivity (Wildman–Crippen MR) is 73.8 cm³/mol. The van der Waals surface area contributed by atoms with Crippen molar-refractivity contribution in [3.05, 3.63) is 0 Å². The molecule has 0 saturated carbocycles. The van der Waals surface area contributed by atoms with Gasteiger partial charge in [-0.2, -0.15) is 0 Å². The van der Waals surface area contributed by atoms with Crippen LogP contribution in [0.2, 0.25) is 0 Å². The van der Waals surface area contributed by atoms with Crippen LogP contribution in [0.15, 0.2) is 0 Å². The number of ether oxygens (including phenoxy) is 1. The van der Waals surface area contributed by atoms with Crippen molar-refractivity contribution in [3.8, 4) is 0 Å². The van der Waals surface area contributed by atoms with E-state index in [1.54, 1.807) is 11.9 Å². The fourth-order valence-corrected chi connectivity index (χ4v) is 2.11. The topological polar surface area (TPSA) is 49.9 Å². The summed E-state index contributed by atoms with van der Waals surface area (Å²) in [5, 5.41) is 0. The Morgan fingerprint density at radius 3 is 2.37 bits per heavy atom. The van der Waals surface area contributed by atoms with Crippen molar-refractivity contribution in [2.75, 3.05) is 20.1 Å². The van der Waals surface area contributed by atoms with Crippen LogP contribution in [-0.4, -0.2) is 53.6 Å². The molecular weight excluding hydrogens is 244 g/mol. The number of nitrogens with zero attached hydrogens (tertiary/aromatic N) is 2. The van der Waals surface area contributed by atoms with Crippen LogP contribution < -0.4 is 0 Å². The number of rotatable bonds is 2. The van der Waals surface area contributed by atoms with Gasteiger partial charge in [-0.15, -0.1) is 0 Å². The summed E-state index contributed by atoms with van der Waals surface area (Å²) in [6, 6.07) is 0.0533. The Labute approximate surface area is 115 Å². The third kappa shape index (κ3) is 4.40. The summed E-state index contributed by atoms with van der Waals surface area (Å²) in [5.41, 5.74) is -0.489. The molecule has 0 aliphatic carbocycles. The highest BCUT2D eigenvalue weighted by molar-refractivity contribution is 5.78. The molecule has 0 N–H and O–H groups in total. The van der Waals surface area contributed by atoms with E-state index < -0.39 is 5.60 Å². The van der Waals surface area contributed by atoms with Gasteiger partial charge in [0.2, 0.25) is 5.91 Å². The molecule has 1 unspecified atom stereocenters. The molecular formula is C14H26N2O3. The van der Waals surface area contributed by atoms with Crippen molar-refractivity contribution in [2.45, 2.75) is 52.7 Å². The van der Waals surface area contributed by atoms with Crippen molar-refractivity contribution >= 4 is 12.0 Å². The van der Waals surface area contributed by atoms with E-state index in [2.05, 4.69) is 0 Å². The molecule has 110 valence electrons. The van der Waals surface area contributed by atoms with Crippen LogP contribution in [0, 0.1) is 5.92 Å². The molecule has 1 fully saturated rings. The molecule has 0 aromatic rings. The van der Waals surface area contributed by atoms with Gasteiger partial charge in [-0.1, -0.05) is 13.8 Å². The average molecular weight is 270 g/mol. The lowest BCUT2D eigenvalue weighted by Gasteiger charge is -2.28. The maximum atomic E-state index is 12.0. The zero-order chi connectivity index (χ0) is 14.8. The van der Waals surface area contributed by atoms with Crippen LogP contribution in [-0.2, 0) is 9.53 Å². The summed E-state index contributed by atoms with van der Waals surface area (Å²) in [7, 11) is 1.74. The standard InChI is InChI=1S/C14H26N2O3/c1-10(2)12(17)16-8-7-11(9-16)15(6)13(18)19-14(3,4)5/h10-11H,7-9H2,1-6H3. The Hall–Kier alpha value is -1.26. The van der Waals surface area contributed by atoms with Gasteiger partial charge >= 0.3 is 6.09 Å². The van der Waals surface area contributed by atoms with Gasteiger partial charge in [0.1, 0.15) is 5.60 Å². The van der Waals surface area contributed by atoms with Crippen LogP contribution in [0.5, 0.6) is 0 Å². The molecule has 2 amide bonds. The van der Waals surface area contributed by atoms with Gasteiger partial charge in [0.05, 0.1) is 6.04 Å². The van der Waals surface area contributed by atoms with Crippen molar-refractivity contribution in [1.29, 1.82) is 0 Å². The first-order valence-electron chi connectivity index (χ1n) is 6.86. The molecule has 1 aliphatic heterocycles. The molecule has 1 aliphatic rings. The average Bonchev–Trinajstić information content (AvgIpc) is 2.73. The predicted octanol–water partition coefficient (Wildman–Crippen LogP) is 2.11. The summed E-state index contributed by atoms with van der Waals surface area (Å²) in [6.07, 6.45) is 0.491. The third-order valence-electron chi connectivity index (χ3n) is 3.20. The summed E-state index contributed by atoms with van der Waals surface area (Å²) in [5.74, 6) is 0.158. The molecule has 1 saturated heterocycles. The minimum atomic E-state index is -0.489. The molecule has 1 heterocycles. The minimum absolute atomic E-state index is 0.00517. The highest BCUT2D eigenvalue weighted by atomic mass is 16.6. The van der Waals surface area contributed by atoms with Crippen molar-refractivity contribution in [2.24, 2.45) is 5.92 Å². The molecule has 5 nitrogen and oxygen atoms in total. The van der Waals surface area contributed by atoms with E-state index in [1.165, 1.54) is 0 Å². The maximum Gasteiger partial charge on any atom is 0.410 e. The van der Waals surface area contributed by atoms with Crippen molar-refractivity contribution < 1.29 is 14.3 Å². The second-order valence-electron chi connectivity index (χ2n) is 6.47. The second-order valence-corrected chi connectivity index (χ2v) is 6.47. The molecule has 1 rings (SSSR count). The number of carbonyl (C=O) groups excluding carboxylic acids is 2. The first-order valence-corrected chi connectivity index (χ1v) is 6.86. The number of amides is 2. The summed E-state index contributed by atoms with van der Waals surface area (Å²) < 4.78 is 5.34. The van der Waals surface area contributed by atoms with Crippen LogP contribution >= 0.6 is 0 Å². The Morgan fingerprint density at radius 2 is 1.89 bits per heavy atom. The van der Waals surface area contributed by atoms with E-state index in [-0.39, 0.29) is 24.0 Å². The van der Waals surface area contributed by atoms with Gasteiger partial charge in [0.25, 0.3) is 0 Å². The van der Waals surface area contributed by atoms with Crippen molar-refractivity contribution in [3.63, 3.8) is 0 Å². The van der Waals surface area contributed by atoms with Gasteiger partial charge in [-0.05, 0) is 27.2 Å². The van der Waals surface area contributed by atoms with Gasteiger partial charge in [-0.25, -0.2) is 4.79 Å². The third-order valence-corrected chi connectivity index (χ3v) is 3.20. The zero-order valence-electron chi connectivity index (χ0n) is 12.9. The minimum Gasteiger partial charge on any atom is -0.444 e. The molecule has 0 radical (unpaired) electrons. The van der Waals surface area contributed by atoms with Crippen LogP contribution in [0.3, 0.4) is 0 Å². The molecule has 5 heteroatoms. The normalized spacial score (nSPS) is 19.7. The van der Waals surface area contributed by atoms with E-state index >= 15 is 0 Å². The Kier molecular flexibility index (Phi) is 4.82.